The highest BCUT2D eigenvalue weighted by Crippen LogP contribution is 2.37. The molecule has 0 aliphatic carbocycles. The lowest BCUT2D eigenvalue weighted by molar-refractivity contribution is -0.130. The Kier molecular flexibility index (Phi) is 6.32. The first-order valence-electron chi connectivity index (χ1n) is 8.49. The maximum absolute atomic E-state index is 13.0. The van der Waals surface area contributed by atoms with Crippen molar-refractivity contribution in [3.05, 3.63) is 59.0 Å². The zero-order valence-electron chi connectivity index (χ0n) is 15.3. The third kappa shape index (κ3) is 4.87. The van der Waals surface area contributed by atoms with Crippen LogP contribution in [0.3, 0.4) is 0 Å². The number of nitrogens with one attached hydrogen (secondary N) is 1. The Labute approximate surface area is 177 Å². The van der Waals surface area contributed by atoms with E-state index in [4.69, 9.17) is 33.0 Å². The highest BCUT2D eigenvalue weighted by atomic mass is 35.5. The second kappa shape index (κ2) is 8.55. The van der Waals surface area contributed by atoms with Gasteiger partial charge in [-0.25, -0.2) is 4.79 Å². The number of hydrogen-bond acceptors (Lipinski definition) is 6. The number of carbonyl (C=O) groups is 2. The van der Waals surface area contributed by atoms with Gasteiger partial charge in [-0.05, 0) is 37.6 Å². The van der Waals surface area contributed by atoms with Crippen molar-refractivity contribution in [2.75, 3.05) is 0 Å². The van der Waals surface area contributed by atoms with Gasteiger partial charge in [-0.15, -0.1) is 0 Å². The summed E-state index contributed by atoms with van der Waals surface area (Å²) in [6.45, 7) is 4.09. The molecule has 2 aromatic rings. The Hall–Kier alpha value is -2.03. The van der Waals surface area contributed by atoms with E-state index in [-0.39, 0.29) is 19.1 Å². The van der Waals surface area contributed by atoms with Crippen molar-refractivity contribution in [3.63, 3.8) is 0 Å². The summed E-state index contributed by atoms with van der Waals surface area (Å²) in [5.74, 6) is -0.279. The zero-order valence-corrected chi connectivity index (χ0v) is 17.7. The minimum atomic E-state index is -0.784. The van der Waals surface area contributed by atoms with Gasteiger partial charge >= 0.3 is 6.09 Å². The third-order valence-electron chi connectivity index (χ3n) is 4.25. The van der Waals surface area contributed by atoms with Crippen LogP contribution in [0.4, 0.5) is 4.79 Å². The Morgan fingerprint density at radius 3 is 2.68 bits per heavy atom. The molecule has 1 aromatic heterocycles. The molecule has 1 aliphatic rings. The minimum absolute atomic E-state index is 0.0780. The largest absolute Gasteiger partial charge is 0.472 e. The molecule has 1 fully saturated rings. The number of ether oxygens (including phenoxy) is 1. The molecule has 1 N–H and O–H groups in total. The molecule has 0 radical (unpaired) electrons. The van der Waals surface area contributed by atoms with Crippen molar-refractivity contribution < 1.29 is 18.7 Å². The summed E-state index contributed by atoms with van der Waals surface area (Å²) in [6, 6.07) is 7.96. The number of thioether (sulfide) groups is 1. The molecule has 1 aromatic carbocycles. The number of rotatable bonds is 5. The van der Waals surface area contributed by atoms with Gasteiger partial charge in [-0.2, -0.15) is 0 Å². The van der Waals surface area contributed by atoms with E-state index in [0.717, 1.165) is 11.1 Å². The number of halogens is 1. The average Bonchev–Trinajstić information content (AvgIpc) is 3.15. The van der Waals surface area contributed by atoms with Gasteiger partial charge in [-0.1, -0.05) is 47.7 Å². The summed E-state index contributed by atoms with van der Waals surface area (Å²) in [5, 5.41) is 3.29. The number of carbonyl (C=O) groups excluding carboxylic acids is 2. The molecule has 9 heteroatoms. The molecule has 3 rings (SSSR count). The number of thiocarbonyl (C=S) groups is 1. The minimum Gasteiger partial charge on any atom is -0.472 e. The van der Waals surface area contributed by atoms with Crippen molar-refractivity contribution in [2.24, 2.45) is 0 Å². The number of alkyl carbamates (subject to hydrolysis) is 1. The van der Waals surface area contributed by atoms with E-state index in [1.165, 1.54) is 22.9 Å². The summed E-state index contributed by atoms with van der Waals surface area (Å²) in [7, 11) is 0. The molecular formula is C19H19ClN2O4S2. The molecule has 0 saturated carbocycles. The van der Waals surface area contributed by atoms with Gasteiger partial charge in [0.2, 0.25) is 0 Å². The van der Waals surface area contributed by atoms with Gasteiger partial charge < -0.3 is 14.5 Å². The summed E-state index contributed by atoms with van der Waals surface area (Å²) < 4.78 is 10.2. The average molecular weight is 439 g/mol. The van der Waals surface area contributed by atoms with E-state index >= 15 is 0 Å². The molecule has 1 unspecified atom stereocenters. The van der Waals surface area contributed by atoms with Gasteiger partial charge in [0.15, 0.2) is 0 Å². The fourth-order valence-electron chi connectivity index (χ4n) is 2.71. The van der Waals surface area contributed by atoms with Crippen molar-refractivity contribution >= 4 is 51.9 Å². The first kappa shape index (κ1) is 20.7. The second-order valence-corrected chi connectivity index (χ2v) is 9.53. The van der Waals surface area contributed by atoms with Gasteiger partial charge in [0.25, 0.3) is 5.91 Å². The molecule has 1 atom stereocenters. The van der Waals surface area contributed by atoms with Gasteiger partial charge in [0, 0.05) is 15.3 Å². The van der Waals surface area contributed by atoms with Crippen molar-refractivity contribution in [1.82, 2.24) is 10.2 Å². The molecule has 0 bridgehead atoms. The number of hydrogen-bond donors (Lipinski definition) is 1. The SMILES string of the molecule is CC1(C)SC(=S)N(Cc2ccoc2)C(=O)C1NC(=O)OCc1ccc(Cl)cc1. The molecular weight excluding hydrogens is 420 g/mol. The number of nitrogens with zero attached hydrogens (tertiary/aromatic N) is 1. The smallest absolute Gasteiger partial charge is 0.408 e. The summed E-state index contributed by atoms with van der Waals surface area (Å²) in [6.07, 6.45) is 2.43. The maximum Gasteiger partial charge on any atom is 0.408 e. The molecule has 1 aliphatic heterocycles. The summed E-state index contributed by atoms with van der Waals surface area (Å²) in [5.41, 5.74) is 1.62. The topological polar surface area (TPSA) is 71.8 Å². The Balaban J connectivity index is 1.65. The molecule has 2 heterocycles. The summed E-state index contributed by atoms with van der Waals surface area (Å²) >= 11 is 12.6. The van der Waals surface area contributed by atoms with Crippen LogP contribution < -0.4 is 5.32 Å². The standard InChI is InChI=1S/C19H19ClN2O4S2/c1-19(2)15(21-17(24)26-11-12-3-5-14(20)6-4-12)16(23)22(18(27)28-19)9-13-7-8-25-10-13/h3-8,10,15H,9,11H2,1-2H3,(H,21,24). The van der Waals surface area contributed by atoms with Gasteiger partial charge in [-0.3, -0.25) is 9.69 Å². The van der Waals surface area contributed by atoms with Crippen LogP contribution in [-0.4, -0.2) is 32.0 Å². The van der Waals surface area contributed by atoms with E-state index in [1.807, 2.05) is 13.8 Å². The highest BCUT2D eigenvalue weighted by Gasteiger charge is 2.46. The monoisotopic (exact) mass is 438 g/mol. The van der Waals surface area contributed by atoms with E-state index in [1.54, 1.807) is 36.6 Å². The van der Waals surface area contributed by atoms with Crippen LogP contribution >= 0.6 is 35.6 Å². The number of furan rings is 1. The predicted molar refractivity (Wildman–Crippen MR) is 112 cm³/mol. The van der Waals surface area contributed by atoms with E-state index in [0.29, 0.717) is 9.34 Å². The predicted octanol–water partition coefficient (Wildman–Crippen LogP) is 4.37. The number of amides is 2. The van der Waals surface area contributed by atoms with E-state index in [2.05, 4.69) is 5.32 Å². The molecule has 0 spiro atoms. The van der Waals surface area contributed by atoms with Crippen LogP contribution in [0.2, 0.25) is 5.02 Å². The number of benzene rings is 1. The van der Waals surface area contributed by atoms with Crippen molar-refractivity contribution in [1.29, 1.82) is 0 Å². The zero-order chi connectivity index (χ0) is 20.3. The molecule has 28 heavy (non-hydrogen) atoms. The van der Waals surface area contributed by atoms with Crippen LogP contribution in [0.1, 0.15) is 25.0 Å². The van der Waals surface area contributed by atoms with Crippen LogP contribution in [0, 0.1) is 0 Å². The van der Waals surface area contributed by atoms with Crippen molar-refractivity contribution in [2.45, 2.75) is 37.8 Å². The third-order valence-corrected chi connectivity index (χ3v) is 6.12. The van der Waals surface area contributed by atoms with Gasteiger partial charge in [0.05, 0.1) is 19.1 Å². The highest BCUT2D eigenvalue weighted by molar-refractivity contribution is 8.24. The van der Waals surface area contributed by atoms with Crippen molar-refractivity contribution in [3.8, 4) is 0 Å². The fraction of sp³-hybridized carbons (Fsp3) is 0.316. The second-order valence-electron chi connectivity index (χ2n) is 6.81. The molecule has 2 amide bonds. The lowest BCUT2D eigenvalue weighted by atomic mass is 10.0. The van der Waals surface area contributed by atoms with Crippen LogP contribution in [0.25, 0.3) is 0 Å². The van der Waals surface area contributed by atoms with Gasteiger partial charge in [0.1, 0.15) is 17.0 Å². The molecule has 6 nitrogen and oxygen atoms in total. The quantitative estimate of drug-likeness (QED) is 0.699. The first-order chi connectivity index (χ1) is 13.3. The normalized spacial score (nSPS) is 18.8. The van der Waals surface area contributed by atoms with E-state index < -0.39 is 16.9 Å². The lowest BCUT2D eigenvalue weighted by Gasteiger charge is -2.42. The lowest BCUT2D eigenvalue weighted by Crippen LogP contribution is -2.62. The fourth-order valence-corrected chi connectivity index (χ4v) is 4.63. The Morgan fingerprint density at radius 1 is 1.32 bits per heavy atom. The Morgan fingerprint density at radius 2 is 2.04 bits per heavy atom. The molecule has 148 valence electrons. The van der Waals surface area contributed by atoms with Crippen LogP contribution in [-0.2, 0) is 22.7 Å². The molecule has 1 saturated heterocycles. The van der Waals surface area contributed by atoms with Crippen LogP contribution in [0.5, 0.6) is 0 Å². The van der Waals surface area contributed by atoms with E-state index in [9.17, 15) is 9.59 Å². The Bertz CT molecular complexity index is 869. The van der Waals surface area contributed by atoms with Crippen LogP contribution in [0.15, 0.2) is 47.3 Å². The maximum atomic E-state index is 13.0. The first-order valence-corrected chi connectivity index (χ1v) is 10.1. The summed E-state index contributed by atoms with van der Waals surface area (Å²) in [4.78, 5) is 26.8.